The van der Waals surface area contributed by atoms with Crippen molar-refractivity contribution in [1.29, 1.82) is 0 Å². The predicted molar refractivity (Wildman–Crippen MR) is 202 cm³/mol. The summed E-state index contributed by atoms with van der Waals surface area (Å²) < 4.78 is 0. The van der Waals surface area contributed by atoms with Gasteiger partial charge in [-0.15, -0.1) is 0 Å². The molecule has 0 fully saturated rings. The fourth-order valence-corrected chi connectivity index (χ4v) is 9.03. The van der Waals surface area contributed by atoms with Crippen LogP contribution in [-0.2, 0) is 0 Å². The minimum Gasteiger partial charge on any atom is -0.387 e. The van der Waals surface area contributed by atoms with Crippen molar-refractivity contribution in [3.05, 3.63) is 178 Å². The van der Waals surface area contributed by atoms with Gasteiger partial charge in [0.2, 0.25) is 0 Å². The maximum absolute atomic E-state index is 3.57. The number of benzene rings is 3. The molecule has 6 aliphatic rings. The molecule has 2 heteroatoms. The van der Waals surface area contributed by atoms with E-state index < -0.39 is 0 Å². The van der Waals surface area contributed by atoms with Crippen LogP contribution in [0, 0.1) is 5.92 Å². The molecule has 4 unspecified atom stereocenters. The van der Waals surface area contributed by atoms with E-state index in [0.29, 0.717) is 23.7 Å². The summed E-state index contributed by atoms with van der Waals surface area (Å²) in [5, 5.41) is 6.99. The molecule has 2 heterocycles. The van der Waals surface area contributed by atoms with Gasteiger partial charge in [0.1, 0.15) is 0 Å². The van der Waals surface area contributed by atoms with Crippen LogP contribution in [-0.4, -0.2) is 19.6 Å². The van der Waals surface area contributed by atoms with Crippen LogP contribution in [0.1, 0.15) is 77.7 Å². The molecule has 3 aromatic rings. The monoisotopic (exact) mass is 624 g/mol. The van der Waals surface area contributed by atoms with E-state index in [1.807, 2.05) is 6.20 Å². The molecule has 0 radical (unpaired) electrons. The third-order valence-corrected chi connectivity index (χ3v) is 11.4. The summed E-state index contributed by atoms with van der Waals surface area (Å²) in [5.74, 6) is 1.70. The Bertz CT molecular complexity index is 2010. The van der Waals surface area contributed by atoms with Crippen LogP contribution >= 0.6 is 0 Å². The molecule has 238 valence electrons. The topological polar surface area (TPSA) is 24.1 Å². The second-order valence-electron chi connectivity index (χ2n) is 14.2. The van der Waals surface area contributed by atoms with E-state index in [4.69, 9.17) is 0 Å². The molecule has 9 rings (SSSR count). The average molecular weight is 625 g/mol. The molecule has 4 atom stereocenters. The van der Waals surface area contributed by atoms with Crippen molar-refractivity contribution in [3.63, 3.8) is 0 Å². The van der Waals surface area contributed by atoms with Gasteiger partial charge in [-0.25, -0.2) is 0 Å². The van der Waals surface area contributed by atoms with Gasteiger partial charge in [0, 0.05) is 37.4 Å². The fourth-order valence-electron chi connectivity index (χ4n) is 9.03. The lowest BCUT2D eigenvalue weighted by Crippen LogP contribution is -2.24. The maximum Gasteiger partial charge on any atom is 0.0401 e. The van der Waals surface area contributed by atoms with Crippen LogP contribution in [0.4, 0.5) is 0 Å². The quantitative estimate of drug-likeness (QED) is 0.276. The molecular weight excluding hydrogens is 581 g/mol. The van der Waals surface area contributed by atoms with Gasteiger partial charge in [-0.2, -0.15) is 0 Å². The normalized spacial score (nSPS) is 25.7. The third kappa shape index (κ3) is 5.43. The summed E-state index contributed by atoms with van der Waals surface area (Å²) in [6, 6.07) is 25.9. The van der Waals surface area contributed by atoms with Crippen LogP contribution in [0.2, 0.25) is 0 Å². The highest BCUT2D eigenvalue weighted by atomic mass is 14.9. The zero-order valence-electron chi connectivity index (χ0n) is 27.7. The summed E-state index contributed by atoms with van der Waals surface area (Å²) >= 11 is 0. The van der Waals surface area contributed by atoms with Gasteiger partial charge in [-0.1, -0.05) is 115 Å². The zero-order valence-corrected chi connectivity index (χ0v) is 27.7. The third-order valence-electron chi connectivity index (χ3n) is 11.4. The molecule has 0 spiro atoms. The Balaban J connectivity index is 1.07. The summed E-state index contributed by atoms with van der Waals surface area (Å²) in [6.45, 7) is 2.80. The summed E-state index contributed by atoms with van der Waals surface area (Å²) in [4.78, 5) is 0. The highest BCUT2D eigenvalue weighted by Gasteiger charge is 2.34. The van der Waals surface area contributed by atoms with Crippen LogP contribution in [0.15, 0.2) is 150 Å². The van der Waals surface area contributed by atoms with Crippen LogP contribution in [0.25, 0.3) is 22.3 Å². The van der Waals surface area contributed by atoms with Crippen molar-refractivity contribution in [2.75, 3.05) is 19.6 Å². The number of rotatable bonds is 5. The SMILES string of the molecule is C1=CNCC(c2cc(-c3cccc(C4CCC=CC4C4=CCC5C(=C4)C4=C(CCC=C4)c4ccccc45)c3)cc(C3C=CCNC3)c2)=C1. The molecule has 2 nitrogen and oxygen atoms in total. The van der Waals surface area contributed by atoms with Gasteiger partial charge in [0.05, 0.1) is 0 Å². The average Bonchev–Trinajstić information content (AvgIpc) is 3.18. The number of allylic oxidation sites excluding steroid dienone is 12. The van der Waals surface area contributed by atoms with Crippen molar-refractivity contribution in [1.82, 2.24) is 10.6 Å². The summed E-state index contributed by atoms with van der Waals surface area (Å²) in [6.07, 6.45) is 31.7. The van der Waals surface area contributed by atoms with E-state index in [-0.39, 0.29) is 0 Å². The number of hydrogen-bond acceptors (Lipinski definition) is 2. The maximum atomic E-state index is 3.57. The van der Waals surface area contributed by atoms with Gasteiger partial charge in [-0.3, -0.25) is 0 Å². The molecule has 0 saturated carbocycles. The van der Waals surface area contributed by atoms with Gasteiger partial charge < -0.3 is 10.6 Å². The Morgan fingerprint density at radius 2 is 1.73 bits per heavy atom. The Kier molecular flexibility index (Phi) is 7.83. The van der Waals surface area contributed by atoms with E-state index in [9.17, 15) is 0 Å². The predicted octanol–water partition coefficient (Wildman–Crippen LogP) is 10.3. The number of nitrogens with one attached hydrogen (secondary N) is 2. The molecule has 2 aliphatic heterocycles. The fraction of sp³-hybridized carbons (Fsp3) is 0.261. The first kappa shape index (κ1) is 29.5. The smallest absolute Gasteiger partial charge is 0.0401 e. The first-order valence-corrected chi connectivity index (χ1v) is 18.1. The zero-order chi connectivity index (χ0) is 31.9. The highest BCUT2D eigenvalue weighted by molar-refractivity contribution is 5.83. The van der Waals surface area contributed by atoms with Crippen molar-refractivity contribution in [2.45, 2.75) is 49.9 Å². The van der Waals surface area contributed by atoms with Gasteiger partial charge in [0.25, 0.3) is 0 Å². The highest BCUT2D eigenvalue weighted by Crippen LogP contribution is 2.51. The van der Waals surface area contributed by atoms with Crippen molar-refractivity contribution in [3.8, 4) is 11.1 Å². The number of dihydropyridines is 1. The van der Waals surface area contributed by atoms with Crippen molar-refractivity contribution < 1.29 is 0 Å². The Morgan fingerprint density at radius 3 is 2.65 bits per heavy atom. The van der Waals surface area contributed by atoms with E-state index in [1.54, 1.807) is 11.1 Å². The van der Waals surface area contributed by atoms with E-state index >= 15 is 0 Å². The molecule has 3 aromatic carbocycles. The molecule has 0 bridgehead atoms. The first-order valence-electron chi connectivity index (χ1n) is 18.1. The molecule has 0 amide bonds. The van der Waals surface area contributed by atoms with Crippen molar-refractivity contribution >= 4 is 11.1 Å². The lowest BCUT2D eigenvalue weighted by molar-refractivity contribution is 0.512. The summed E-state index contributed by atoms with van der Waals surface area (Å²) in [5.41, 5.74) is 17.2. The van der Waals surface area contributed by atoms with E-state index in [1.165, 1.54) is 62.1 Å². The lowest BCUT2D eigenvalue weighted by Gasteiger charge is -2.37. The van der Waals surface area contributed by atoms with Crippen molar-refractivity contribution in [2.24, 2.45) is 5.92 Å². The second kappa shape index (κ2) is 12.7. The van der Waals surface area contributed by atoms with Gasteiger partial charge >= 0.3 is 0 Å². The Labute approximate surface area is 285 Å². The molecular formula is C46H44N2. The number of hydrogen-bond donors (Lipinski definition) is 2. The van der Waals surface area contributed by atoms with Crippen LogP contribution in [0.5, 0.6) is 0 Å². The second-order valence-corrected chi connectivity index (χ2v) is 14.2. The van der Waals surface area contributed by atoms with E-state index in [0.717, 1.165) is 45.3 Å². The molecule has 48 heavy (non-hydrogen) atoms. The Hall–Kier alpha value is -4.66. The summed E-state index contributed by atoms with van der Waals surface area (Å²) in [7, 11) is 0. The van der Waals surface area contributed by atoms with Gasteiger partial charge in [-0.05, 0) is 123 Å². The van der Waals surface area contributed by atoms with Crippen LogP contribution < -0.4 is 10.6 Å². The first-order chi connectivity index (χ1) is 23.8. The minimum atomic E-state index is 0.387. The van der Waals surface area contributed by atoms with Gasteiger partial charge in [0.15, 0.2) is 0 Å². The standard InChI is InChI=1S/C46H44N2/c1-2-15-40(33-20-21-45-43-18-4-3-16-41(43)42-17-5-6-19-44(42)46(45)28-33)39(14-1)32-11-7-10-31(24-32)36-25-37(34-12-8-22-47-29-34)27-38(26-36)35-13-9-23-48-30-35/h2-4,6-13,15-16,18-20,22,24-28,35,39-40,45,47-48H,1,5,14,17,21,23,29-30H2. The van der Waals surface area contributed by atoms with Crippen LogP contribution in [0.3, 0.4) is 0 Å². The molecule has 2 N–H and O–H groups in total. The largest absolute Gasteiger partial charge is 0.387 e. The Morgan fingerprint density at radius 1 is 0.792 bits per heavy atom. The number of fused-ring (bicyclic) bond motifs is 5. The minimum absolute atomic E-state index is 0.387. The molecule has 0 saturated heterocycles. The van der Waals surface area contributed by atoms with E-state index in [2.05, 4.69) is 138 Å². The molecule has 0 aromatic heterocycles. The molecule has 4 aliphatic carbocycles. The lowest BCUT2D eigenvalue weighted by atomic mass is 9.67.